The Kier molecular flexibility index (Phi) is 4.64. The molecule has 0 spiro atoms. The van der Waals surface area contributed by atoms with Gasteiger partial charge in [-0.2, -0.15) is 0 Å². The van der Waals surface area contributed by atoms with Gasteiger partial charge in [-0.1, -0.05) is 50.4 Å². The number of benzene rings is 1. The number of aromatic hydroxyl groups is 1. The van der Waals surface area contributed by atoms with Crippen molar-refractivity contribution in [3.05, 3.63) is 28.8 Å². The van der Waals surface area contributed by atoms with E-state index in [4.69, 9.17) is 22.7 Å². The van der Waals surface area contributed by atoms with Crippen LogP contribution in [0, 0.1) is 11.3 Å². The molecule has 21 heavy (non-hydrogen) atoms. The molecule has 5 N–H and O–H groups in total. The molecule has 1 saturated heterocycles. The molecule has 1 aliphatic rings. The highest BCUT2D eigenvalue weighted by Crippen LogP contribution is 2.45. The van der Waals surface area contributed by atoms with Crippen LogP contribution in [0.15, 0.2) is 18.2 Å². The van der Waals surface area contributed by atoms with Crippen molar-refractivity contribution in [2.24, 2.45) is 11.7 Å². The Balaban J connectivity index is 2.47. The van der Waals surface area contributed by atoms with Crippen molar-refractivity contribution in [2.75, 3.05) is 6.54 Å². The van der Waals surface area contributed by atoms with Crippen molar-refractivity contribution < 1.29 is 5.11 Å². The smallest absolute Gasteiger partial charge is 0.203 e. The van der Waals surface area contributed by atoms with Crippen LogP contribution < -0.4 is 11.2 Å². The third-order valence-electron chi connectivity index (χ3n) is 4.32. The normalized spacial score (nSPS) is 25.3. The van der Waals surface area contributed by atoms with Gasteiger partial charge < -0.3 is 10.8 Å². The molecular formula is C15H23ClN4O. The molecule has 6 heteroatoms. The van der Waals surface area contributed by atoms with Gasteiger partial charge in [-0.15, -0.1) is 0 Å². The molecule has 0 aliphatic carbocycles. The van der Waals surface area contributed by atoms with Crippen molar-refractivity contribution in [3.8, 4) is 5.75 Å². The Labute approximate surface area is 130 Å². The highest BCUT2D eigenvalue weighted by atomic mass is 35.5. The molecule has 2 unspecified atom stereocenters. The number of nitrogens with zero attached hydrogens (tertiary/aromatic N) is 1. The number of halogens is 1. The number of hydrazine groups is 1. The Morgan fingerprint density at radius 2 is 2.33 bits per heavy atom. The molecule has 0 saturated carbocycles. The number of nitrogens with one attached hydrogen (secondary N) is 2. The number of nitrogens with two attached hydrogens (primary N) is 1. The van der Waals surface area contributed by atoms with Crippen molar-refractivity contribution in [3.63, 3.8) is 0 Å². The lowest BCUT2D eigenvalue weighted by molar-refractivity contribution is 0.225. The van der Waals surface area contributed by atoms with Crippen LogP contribution in [-0.2, 0) is 5.54 Å². The zero-order chi connectivity index (χ0) is 15.6. The van der Waals surface area contributed by atoms with Crippen molar-refractivity contribution >= 4 is 17.6 Å². The van der Waals surface area contributed by atoms with Crippen LogP contribution in [-0.4, -0.2) is 22.6 Å². The molecule has 0 amide bonds. The Hall–Kier alpha value is -1.46. The van der Waals surface area contributed by atoms with Gasteiger partial charge >= 0.3 is 0 Å². The topological polar surface area (TPSA) is 85.4 Å². The second-order valence-corrected chi connectivity index (χ2v) is 6.13. The number of phenols is 1. The number of para-hydroxylation sites is 1. The summed E-state index contributed by atoms with van der Waals surface area (Å²) < 4.78 is 0. The molecule has 116 valence electrons. The lowest BCUT2D eigenvalue weighted by Gasteiger charge is -2.35. The van der Waals surface area contributed by atoms with Gasteiger partial charge in [0.1, 0.15) is 5.75 Å². The SMILES string of the molecule is CCCCC1(c2cccc(Cl)c2O)NN(C(=N)N)CC1C. The molecule has 5 nitrogen and oxygen atoms in total. The van der Waals surface area contributed by atoms with Crippen LogP contribution in [0.3, 0.4) is 0 Å². The lowest BCUT2D eigenvalue weighted by atomic mass is 9.76. The molecule has 0 bridgehead atoms. The summed E-state index contributed by atoms with van der Waals surface area (Å²) in [4.78, 5) is 0. The number of hydrogen-bond donors (Lipinski definition) is 4. The largest absolute Gasteiger partial charge is 0.506 e. The van der Waals surface area contributed by atoms with Crippen LogP contribution in [0.25, 0.3) is 0 Å². The predicted octanol–water partition coefficient (Wildman–Crippen LogP) is 2.78. The fourth-order valence-electron chi connectivity index (χ4n) is 3.08. The third-order valence-corrected chi connectivity index (χ3v) is 4.62. The van der Waals surface area contributed by atoms with Crippen LogP contribution in [0.1, 0.15) is 38.7 Å². The first-order valence-electron chi connectivity index (χ1n) is 7.29. The summed E-state index contributed by atoms with van der Waals surface area (Å²) in [5, 5.41) is 20.0. The molecular weight excluding hydrogens is 288 g/mol. The molecule has 0 aromatic heterocycles. The molecule has 2 rings (SSSR count). The Morgan fingerprint density at radius 3 is 2.90 bits per heavy atom. The maximum Gasteiger partial charge on any atom is 0.203 e. The van der Waals surface area contributed by atoms with E-state index in [0.717, 1.165) is 24.8 Å². The van der Waals surface area contributed by atoms with E-state index >= 15 is 0 Å². The Bertz CT molecular complexity index is 536. The van der Waals surface area contributed by atoms with E-state index in [2.05, 4.69) is 19.3 Å². The molecule has 1 fully saturated rings. The van der Waals surface area contributed by atoms with Crippen LogP contribution in [0.2, 0.25) is 5.02 Å². The number of unbranched alkanes of at least 4 members (excludes halogenated alkanes) is 1. The van der Waals surface area contributed by atoms with Crippen molar-refractivity contribution in [1.29, 1.82) is 5.41 Å². The van der Waals surface area contributed by atoms with E-state index in [1.165, 1.54) is 0 Å². The van der Waals surface area contributed by atoms with Gasteiger partial charge in [0.15, 0.2) is 0 Å². The van der Waals surface area contributed by atoms with Crippen LogP contribution >= 0.6 is 11.6 Å². The summed E-state index contributed by atoms with van der Waals surface area (Å²) in [5.41, 5.74) is 9.28. The fraction of sp³-hybridized carbons (Fsp3) is 0.533. The summed E-state index contributed by atoms with van der Waals surface area (Å²) in [6.07, 6.45) is 2.91. The number of hydrogen-bond acceptors (Lipinski definition) is 3. The molecule has 0 radical (unpaired) electrons. The number of rotatable bonds is 4. The van der Waals surface area contributed by atoms with Gasteiger partial charge in [0, 0.05) is 12.1 Å². The molecule has 2 atom stereocenters. The Morgan fingerprint density at radius 1 is 1.62 bits per heavy atom. The quantitative estimate of drug-likeness (QED) is 0.509. The zero-order valence-electron chi connectivity index (χ0n) is 12.5. The van der Waals surface area contributed by atoms with Crippen molar-refractivity contribution in [1.82, 2.24) is 10.4 Å². The summed E-state index contributed by atoms with van der Waals surface area (Å²) in [6.45, 7) is 4.87. The monoisotopic (exact) mass is 310 g/mol. The average Bonchev–Trinajstić information content (AvgIpc) is 2.78. The van der Waals surface area contributed by atoms with Gasteiger partial charge in [-0.3, -0.25) is 10.4 Å². The van der Waals surface area contributed by atoms with Crippen LogP contribution in [0.5, 0.6) is 5.75 Å². The van der Waals surface area contributed by atoms with E-state index in [0.29, 0.717) is 11.6 Å². The maximum absolute atomic E-state index is 10.4. The molecule has 1 aromatic rings. The fourth-order valence-corrected chi connectivity index (χ4v) is 3.25. The maximum atomic E-state index is 10.4. The second kappa shape index (κ2) is 6.12. The van der Waals surface area contributed by atoms with Crippen LogP contribution in [0.4, 0.5) is 0 Å². The summed E-state index contributed by atoms with van der Waals surface area (Å²) in [5.74, 6) is 0.291. The molecule has 1 aromatic carbocycles. The zero-order valence-corrected chi connectivity index (χ0v) is 13.2. The van der Waals surface area contributed by atoms with Gasteiger partial charge in [0.25, 0.3) is 0 Å². The second-order valence-electron chi connectivity index (χ2n) is 5.72. The van der Waals surface area contributed by atoms with E-state index in [1.54, 1.807) is 11.1 Å². The first-order valence-corrected chi connectivity index (χ1v) is 7.67. The number of phenolic OH excluding ortho intramolecular Hbond substituents is 1. The summed E-state index contributed by atoms with van der Waals surface area (Å²) in [6, 6.07) is 5.41. The lowest BCUT2D eigenvalue weighted by Crippen LogP contribution is -2.49. The highest BCUT2D eigenvalue weighted by molar-refractivity contribution is 6.32. The van der Waals surface area contributed by atoms with Gasteiger partial charge in [-0.05, 0) is 18.4 Å². The first kappa shape index (κ1) is 15.9. The van der Waals surface area contributed by atoms with E-state index in [-0.39, 0.29) is 17.6 Å². The van der Waals surface area contributed by atoms with E-state index in [1.807, 2.05) is 12.1 Å². The van der Waals surface area contributed by atoms with Crippen molar-refractivity contribution in [2.45, 2.75) is 38.6 Å². The number of guanidine groups is 1. The van der Waals surface area contributed by atoms with E-state index < -0.39 is 5.54 Å². The van der Waals surface area contributed by atoms with Gasteiger partial charge in [0.2, 0.25) is 5.96 Å². The highest BCUT2D eigenvalue weighted by Gasteiger charge is 2.46. The minimum Gasteiger partial charge on any atom is -0.506 e. The standard InChI is InChI=1S/C15H23ClN4O/c1-3-4-8-15(10(2)9-20(19-15)14(17)18)11-6-5-7-12(16)13(11)21/h5-7,10,19,21H,3-4,8-9H2,1-2H3,(H3,17,18). The molecule has 1 aliphatic heterocycles. The summed E-state index contributed by atoms with van der Waals surface area (Å²) >= 11 is 6.08. The minimum atomic E-state index is -0.448. The minimum absolute atomic E-state index is 0.0123. The molecule has 1 heterocycles. The predicted molar refractivity (Wildman–Crippen MR) is 85.2 cm³/mol. The van der Waals surface area contributed by atoms with Gasteiger partial charge in [-0.25, -0.2) is 5.43 Å². The van der Waals surface area contributed by atoms with E-state index in [9.17, 15) is 5.11 Å². The van der Waals surface area contributed by atoms with Gasteiger partial charge in [0.05, 0.1) is 10.6 Å². The average molecular weight is 311 g/mol. The third kappa shape index (κ3) is 2.80. The first-order chi connectivity index (χ1) is 9.92. The summed E-state index contributed by atoms with van der Waals surface area (Å²) in [7, 11) is 0.